The Bertz CT molecular complexity index is 965. The molecule has 2 fully saturated rings. The molecule has 0 atom stereocenters. The number of piperidine rings is 1. The minimum Gasteiger partial charge on any atom is -0.391 e. The lowest BCUT2D eigenvalue weighted by Crippen LogP contribution is -2.49. The van der Waals surface area contributed by atoms with Gasteiger partial charge in [-0.1, -0.05) is 19.9 Å². The smallest absolute Gasteiger partial charge is 0.391 e. The number of imide groups is 1. The van der Waals surface area contributed by atoms with Crippen LogP contribution in [0.1, 0.15) is 32.3 Å². The third-order valence-electron chi connectivity index (χ3n) is 5.69. The molecule has 0 bridgehead atoms. The number of hydrogen-bond donors (Lipinski definition) is 0. The lowest BCUT2D eigenvalue weighted by Gasteiger charge is -2.34. The van der Waals surface area contributed by atoms with Crippen LogP contribution in [0.2, 0.25) is 0 Å². The van der Waals surface area contributed by atoms with Crippen LogP contribution in [0.5, 0.6) is 5.88 Å². The molecule has 0 N–H and O–H groups in total. The van der Waals surface area contributed by atoms with Crippen molar-refractivity contribution in [1.82, 2.24) is 19.8 Å². The maximum Gasteiger partial charge on any atom is 0.416 e. The monoisotopic (exact) mass is 437 g/mol. The third kappa shape index (κ3) is 5.11. The lowest BCUT2D eigenvalue weighted by molar-refractivity contribution is -0.132. The lowest BCUT2D eigenvalue weighted by atomic mass is 9.81. The predicted molar refractivity (Wildman–Crippen MR) is 117 cm³/mol. The highest BCUT2D eigenvalue weighted by atomic mass is 16.6. The van der Waals surface area contributed by atoms with Crippen molar-refractivity contribution in [2.75, 3.05) is 31.1 Å². The zero-order valence-electron chi connectivity index (χ0n) is 18.4. The van der Waals surface area contributed by atoms with Crippen molar-refractivity contribution in [3.8, 4) is 5.88 Å². The molecule has 0 aromatic carbocycles. The van der Waals surface area contributed by atoms with E-state index in [-0.39, 0.29) is 23.1 Å². The molecule has 32 heavy (non-hydrogen) atoms. The van der Waals surface area contributed by atoms with Crippen LogP contribution in [0.3, 0.4) is 0 Å². The number of carbonyl (C=O) groups excluding carboxylic acids is 3. The average molecular weight is 438 g/mol. The highest BCUT2D eigenvalue weighted by Crippen LogP contribution is 2.34. The van der Waals surface area contributed by atoms with Gasteiger partial charge in [0.25, 0.3) is 0 Å². The van der Waals surface area contributed by atoms with Crippen LogP contribution < -0.4 is 9.64 Å². The van der Waals surface area contributed by atoms with Gasteiger partial charge in [-0.15, -0.1) is 0 Å². The zero-order chi connectivity index (χ0) is 22.7. The number of aromatic nitrogens is 2. The number of anilines is 1. The van der Waals surface area contributed by atoms with Gasteiger partial charge in [0.15, 0.2) is 0 Å². The Labute approximate surface area is 187 Å². The van der Waals surface area contributed by atoms with E-state index >= 15 is 0 Å². The number of pyridine rings is 2. The first-order valence-corrected chi connectivity index (χ1v) is 10.7. The molecule has 2 aromatic rings. The first-order chi connectivity index (χ1) is 15.3. The normalized spacial score (nSPS) is 19.2. The van der Waals surface area contributed by atoms with Crippen molar-refractivity contribution in [1.29, 1.82) is 0 Å². The van der Waals surface area contributed by atoms with Crippen LogP contribution in [0.15, 0.2) is 42.9 Å². The molecule has 2 aliphatic heterocycles. The first-order valence-electron chi connectivity index (χ1n) is 10.7. The molecule has 0 aliphatic carbocycles. The maximum atomic E-state index is 12.5. The van der Waals surface area contributed by atoms with E-state index < -0.39 is 6.09 Å². The number of amides is 3. The Morgan fingerprint density at radius 3 is 2.34 bits per heavy atom. The van der Waals surface area contributed by atoms with Crippen LogP contribution in [0.25, 0.3) is 0 Å². The number of carbonyl (C=O) groups is 3. The fourth-order valence-electron chi connectivity index (χ4n) is 4.02. The van der Waals surface area contributed by atoms with Gasteiger partial charge in [0.1, 0.15) is 0 Å². The van der Waals surface area contributed by atoms with Gasteiger partial charge in [-0.25, -0.2) is 14.7 Å². The fourth-order valence-corrected chi connectivity index (χ4v) is 4.02. The Morgan fingerprint density at radius 2 is 1.75 bits per heavy atom. The summed E-state index contributed by atoms with van der Waals surface area (Å²) in [5.74, 6) is -0.363. The van der Waals surface area contributed by atoms with Gasteiger partial charge in [-0.3, -0.25) is 19.5 Å². The summed E-state index contributed by atoms with van der Waals surface area (Å²) in [4.78, 5) is 50.7. The van der Waals surface area contributed by atoms with E-state index in [0.717, 1.165) is 30.1 Å². The third-order valence-corrected chi connectivity index (χ3v) is 5.69. The van der Waals surface area contributed by atoms with E-state index in [9.17, 15) is 14.4 Å². The average Bonchev–Trinajstić information content (AvgIpc) is 2.75. The van der Waals surface area contributed by atoms with Crippen LogP contribution >= 0.6 is 0 Å². The van der Waals surface area contributed by atoms with Gasteiger partial charge in [-0.2, -0.15) is 0 Å². The molecule has 9 heteroatoms. The molecular weight excluding hydrogens is 410 g/mol. The van der Waals surface area contributed by atoms with E-state index in [0.29, 0.717) is 31.6 Å². The van der Waals surface area contributed by atoms with Crippen LogP contribution in [-0.4, -0.2) is 63.9 Å². The Kier molecular flexibility index (Phi) is 6.18. The largest absolute Gasteiger partial charge is 0.416 e. The molecule has 0 saturated carbocycles. The molecular formula is C23H27N5O4. The van der Waals surface area contributed by atoms with Gasteiger partial charge in [-0.05, 0) is 23.1 Å². The summed E-state index contributed by atoms with van der Waals surface area (Å²) in [6, 6.07) is 7.04. The number of nitrogens with zero attached hydrogens (tertiary/aromatic N) is 5. The zero-order valence-corrected chi connectivity index (χ0v) is 18.4. The molecule has 2 saturated heterocycles. The van der Waals surface area contributed by atoms with E-state index in [1.165, 1.54) is 12.3 Å². The second-order valence-corrected chi connectivity index (χ2v) is 8.99. The molecule has 4 heterocycles. The van der Waals surface area contributed by atoms with Crippen LogP contribution in [-0.2, 0) is 16.1 Å². The fraction of sp³-hybridized carbons (Fsp3) is 0.435. The Morgan fingerprint density at radius 1 is 1.03 bits per heavy atom. The summed E-state index contributed by atoms with van der Waals surface area (Å²) in [5.41, 5.74) is 1.19. The topological polar surface area (TPSA) is 95.9 Å². The summed E-state index contributed by atoms with van der Waals surface area (Å²) in [6.07, 6.45) is 5.12. The van der Waals surface area contributed by atoms with Crippen molar-refractivity contribution < 1.29 is 19.1 Å². The number of ether oxygens (including phenoxy) is 1. The molecule has 0 radical (unpaired) electrons. The van der Waals surface area contributed by atoms with Crippen molar-refractivity contribution in [3.05, 3.63) is 48.4 Å². The SMILES string of the molecule is CC1(C)CC(=O)N(c2ccc(OC(=O)N3CCN(Cc4cccnc4)CC3)nc2)C(=O)C1. The van der Waals surface area contributed by atoms with Gasteiger partial charge in [0, 0.05) is 64.0 Å². The predicted octanol–water partition coefficient (Wildman–Crippen LogP) is 2.47. The first kappa shape index (κ1) is 21.9. The minimum atomic E-state index is -0.460. The van der Waals surface area contributed by atoms with Crippen molar-refractivity contribution in [2.24, 2.45) is 5.41 Å². The highest BCUT2D eigenvalue weighted by molar-refractivity contribution is 6.16. The standard InChI is InChI=1S/C23H27N5O4/c1-23(2)12-20(29)28(21(30)13-23)18-5-6-19(25-15-18)32-22(31)27-10-8-26(9-11-27)16-17-4-3-7-24-14-17/h3-7,14-15H,8-13,16H2,1-2H3. The van der Waals surface area contributed by atoms with E-state index in [4.69, 9.17) is 4.74 Å². The molecule has 0 spiro atoms. The van der Waals surface area contributed by atoms with Crippen molar-refractivity contribution >= 4 is 23.6 Å². The summed E-state index contributed by atoms with van der Waals surface area (Å²) in [5, 5.41) is 0. The summed E-state index contributed by atoms with van der Waals surface area (Å²) in [7, 11) is 0. The summed E-state index contributed by atoms with van der Waals surface area (Å²) >= 11 is 0. The van der Waals surface area contributed by atoms with Crippen LogP contribution in [0, 0.1) is 5.41 Å². The molecule has 0 unspecified atom stereocenters. The number of piperazine rings is 1. The van der Waals surface area contributed by atoms with Gasteiger partial charge < -0.3 is 9.64 Å². The quantitative estimate of drug-likeness (QED) is 0.678. The number of rotatable bonds is 4. The number of hydrogen-bond acceptors (Lipinski definition) is 7. The van der Waals surface area contributed by atoms with Crippen molar-refractivity contribution in [2.45, 2.75) is 33.2 Å². The van der Waals surface area contributed by atoms with E-state index in [1.807, 2.05) is 32.2 Å². The summed E-state index contributed by atoms with van der Waals surface area (Å²) < 4.78 is 5.40. The maximum absolute atomic E-state index is 12.5. The highest BCUT2D eigenvalue weighted by Gasteiger charge is 2.38. The Balaban J connectivity index is 1.30. The molecule has 9 nitrogen and oxygen atoms in total. The molecule has 3 amide bonds. The molecule has 4 rings (SSSR count). The molecule has 2 aromatic heterocycles. The minimum absolute atomic E-state index is 0.133. The molecule has 168 valence electrons. The van der Waals surface area contributed by atoms with Gasteiger partial charge >= 0.3 is 6.09 Å². The van der Waals surface area contributed by atoms with Gasteiger partial charge in [0.05, 0.1) is 11.9 Å². The van der Waals surface area contributed by atoms with E-state index in [1.54, 1.807) is 17.2 Å². The molecule has 2 aliphatic rings. The second kappa shape index (κ2) is 9.04. The summed E-state index contributed by atoms with van der Waals surface area (Å²) in [6.45, 7) is 7.20. The van der Waals surface area contributed by atoms with Crippen LogP contribution in [0.4, 0.5) is 10.5 Å². The van der Waals surface area contributed by atoms with Crippen molar-refractivity contribution in [3.63, 3.8) is 0 Å². The van der Waals surface area contributed by atoms with Gasteiger partial charge in [0.2, 0.25) is 17.7 Å². The second-order valence-electron chi connectivity index (χ2n) is 8.99. The Hall–Kier alpha value is -3.33. The van der Waals surface area contributed by atoms with E-state index in [2.05, 4.69) is 14.9 Å².